The van der Waals surface area contributed by atoms with Gasteiger partial charge in [0.25, 0.3) is 0 Å². The van der Waals surface area contributed by atoms with Crippen LogP contribution in [0.1, 0.15) is 0 Å². The molecular weight excluding hydrogens is 1390 g/mol. The van der Waals surface area contributed by atoms with Gasteiger partial charge in [-0.2, -0.15) is 0 Å². The number of nitrogens with zero attached hydrogens (tertiary/aromatic N) is 6. The molecule has 0 saturated heterocycles. The fourth-order valence-electron chi connectivity index (χ4n) is 14.8. The highest BCUT2D eigenvalue weighted by Gasteiger charge is 2.18. The zero-order chi connectivity index (χ0) is 77.9. The predicted molar refractivity (Wildman–Crippen MR) is 492 cm³/mol. The van der Waals surface area contributed by atoms with Gasteiger partial charge in [0.2, 0.25) is 0 Å². The van der Waals surface area contributed by atoms with Crippen LogP contribution < -0.4 is 29.4 Å². The Morgan fingerprint density at radius 3 is 0.704 bits per heavy atom. The third kappa shape index (κ3) is 17.6. The van der Waals surface area contributed by atoms with Crippen LogP contribution in [0.25, 0.3) is 66.4 Å². The number of hydrogen-bond donors (Lipinski definition) is 0. The van der Waals surface area contributed by atoms with Crippen molar-refractivity contribution in [1.29, 1.82) is 0 Å². The summed E-state index contributed by atoms with van der Waals surface area (Å²) in [5, 5.41) is 2.51. The zero-order valence-electron chi connectivity index (χ0n) is 64.8. The molecule has 0 aliphatic carbocycles. The lowest BCUT2D eigenvalue weighted by Gasteiger charge is -2.25. The molecule has 0 fully saturated rings. The quantitative estimate of drug-likeness (QED) is 0.0752. The summed E-state index contributed by atoms with van der Waals surface area (Å²) < 4.78 is 0. The second-order valence-electron chi connectivity index (χ2n) is 28.3. The average molecular weight is 1480 g/mol. The normalized spacial score (nSPS) is 10.7. The van der Waals surface area contributed by atoms with E-state index in [1.165, 1.54) is 77.8 Å². The van der Waals surface area contributed by atoms with Crippen molar-refractivity contribution >= 4 is 96.1 Å². The van der Waals surface area contributed by atoms with Crippen LogP contribution in [0.4, 0.5) is 85.3 Å². The molecule has 0 bridgehead atoms. The van der Waals surface area contributed by atoms with Crippen LogP contribution in [-0.2, 0) is 0 Å². The topological polar surface area (TPSA) is 19.4 Å². The first-order chi connectivity index (χ1) is 56.8. The molecule has 18 aromatic rings. The molecule has 0 atom stereocenters. The van der Waals surface area contributed by atoms with Crippen LogP contribution in [0, 0.1) is 0 Å². The molecular formula is C109H88N6. The molecule has 0 radical (unpaired) electrons. The van der Waals surface area contributed by atoms with Crippen LogP contribution in [0.3, 0.4) is 0 Å². The number of rotatable bonds is 20. The van der Waals surface area contributed by atoms with E-state index in [2.05, 4.69) is 530 Å². The second-order valence-corrected chi connectivity index (χ2v) is 28.3. The van der Waals surface area contributed by atoms with Crippen LogP contribution in [-0.4, -0.2) is 21.1 Å². The molecule has 0 N–H and O–H groups in total. The van der Waals surface area contributed by atoms with E-state index in [0.717, 1.165) is 73.9 Å². The number of hydrogen-bond acceptors (Lipinski definition) is 6. The van der Waals surface area contributed by atoms with Crippen molar-refractivity contribution in [2.24, 2.45) is 0 Å². The maximum absolute atomic E-state index is 2.28. The number of para-hydroxylation sites is 7. The molecule has 0 saturated carbocycles. The Kier molecular flexibility index (Phi) is 23.1. The van der Waals surface area contributed by atoms with Gasteiger partial charge in [0.1, 0.15) is 0 Å². The second kappa shape index (κ2) is 35.8. The van der Waals surface area contributed by atoms with Crippen molar-refractivity contribution in [3.05, 3.63) is 479 Å². The lowest BCUT2D eigenvalue weighted by Crippen LogP contribution is -2.10. The highest BCUT2D eigenvalue weighted by molar-refractivity contribution is 5.89. The summed E-state index contributed by atoms with van der Waals surface area (Å²) in [6, 6.07) is 169. The molecule has 6 nitrogen and oxygen atoms in total. The Morgan fingerprint density at radius 1 is 0.130 bits per heavy atom. The molecule has 0 amide bonds. The number of anilines is 15. The summed E-state index contributed by atoms with van der Waals surface area (Å²) in [4.78, 5) is 13.6. The molecule has 0 heterocycles. The maximum Gasteiger partial charge on any atom is 0.0487 e. The molecule has 18 rings (SSSR count). The van der Waals surface area contributed by atoms with Gasteiger partial charge in [0.05, 0.1) is 0 Å². The summed E-state index contributed by atoms with van der Waals surface area (Å²) >= 11 is 0. The molecule has 6 heteroatoms. The molecule has 0 aromatic heterocycles. The molecule has 0 unspecified atom stereocenters. The van der Waals surface area contributed by atoms with Gasteiger partial charge >= 0.3 is 0 Å². The summed E-state index contributed by atoms with van der Waals surface area (Å²) in [7, 11) is 6.37. The summed E-state index contributed by atoms with van der Waals surface area (Å²) in [5.74, 6) is 0. The van der Waals surface area contributed by atoms with Gasteiger partial charge in [-0.15, -0.1) is 0 Å². The minimum atomic E-state index is 1.13. The molecule has 0 aliphatic heterocycles. The van der Waals surface area contributed by atoms with Crippen LogP contribution in [0.2, 0.25) is 0 Å². The molecule has 554 valence electrons. The van der Waals surface area contributed by atoms with E-state index in [1.54, 1.807) is 0 Å². The highest BCUT2D eigenvalue weighted by atomic mass is 15.2. The minimum absolute atomic E-state index is 1.13. The molecule has 115 heavy (non-hydrogen) atoms. The van der Waals surface area contributed by atoms with Gasteiger partial charge in [-0.25, -0.2) is 0 Å². The number of benzene rings is 18. The first-order valence-electron chi connectivity index (χ1n) is 39.1. The van der Waals surface area contributed by atoms with Crippen molar-refractivity contribution in [3.8, 4) is 55.6 Å². The average Bonchev–Trinajstić information content (AvgIpc) is 0.833. The highest BCUT2D eigenvalue weighted by Crippen LogP contribution is 2.42. The van der Waals surface area contributed by atoms with Gasteiger partial charge in [-0.1, -0.05) is 303 Å². The van der Waals surface area contributed by atoms with E-state index in [0.29, 0.717) is 0 Å². The van der Waals surface area contributed by atoms with Crippen molar-refractivity contribution in [2.45, 2.75) is 0 Å². The number of fused-ring (bicyclic) bond motifs is 1. The lowest BCUT2D eigenvalue weighted by molar-refractivity contribution is 1.21. The Bertz CT molecular complexity index is 5950. The lowest BCUT2D eigenvalue weighted by atomic mass is 10.0. The van der Waals surface area contributed by atoms with Gasteiger partial charge in [0.15, 0.2) is 0 Å². The van der Waals surface area contributed by atoms with Crippen molar-refractivity contribution in [1.82, 2.24) is 0 Å². The smallest absolute Gasteiger partial charge is 0.0487 e. The fourth-order valence-corrected chi connectivity index (χ4v) is 14.8. The van der Waals surface area contributed by atoms with Crippen LogP contribution >= 0.6 is 0 Å². The van der Waals surface area contributed by atoms with Gasteiger partial charge < -0.3 is 29.4 Å². The minimum Gasteiger partial charge on any atom is -0.345 e. The SMILES string of the molecule is CN(c1ccc(-c2ccc(N(c3ccccc3)c3ccccc3)cc2)cc1)c1ccc2ccccc2c1.CN(c1ccc(-c2ccc(N(c3ccccc3)c3ccccc3)cc2)cc1)c1cccc(-c2ccccc2)c1.CN(c1ccc(-c2ccc(N(c3ccccc3)c3ccccc3)cc2)cc1)c1ccccc1-c1ccccc1. The van der Waals surface area contributed by atoms with Crippen molar-refractivity contribution in [3.63, 3.8) is 0 Å². The zero-order valence-corrected chi connectivity index (χ0v) is 64.8. The standard InChI is InChI=1S/2C37H30N2.C35H28N2/c1-38(37-20-12-11-19-36(37)31-13-5-2-6-14-31)32-25-21-29(22-26-32)30-23-27-35(28-24-30)39(33-15-7-3-8-16-33)34-17-9-4-10-18-34;1-38(37-19-11-14-32(28-37)29-12-5-2-6-13-29)33-24-20-30(21-25-33)31-22-26-36(27-23-31)39(34-15-7-3-8-16-34)35-17-9-4-10-18-35;1-36(35-25-20-27-10-8-9-11-30(27)26-35)31-21-16-28(17-22-31)29-18-23-34(24-19-29)37(32-12-4-2-5-13-32)33-14-6-3-7-15-33/h2*2-28H,1H3;2-26H,1H3. The largest absolute Gasteiger partial charge is 0.345 e. The van der Waals surface area contributed by atoms with E-state index in [1.807, 2.05) is 0 Å². The third-order valence-corrected chi connectivity index (χ3v) is 21.0. The fraction of sp³-hybridized carbons (Fsp3) is 0.0275. The maximum atomic E-state index is 2.28. The van der Waals surface area contributed by atoms with Crippen molar-refractivity contribution in [2.75, 3.05) is 50.5 Å². The van der Waals surface area contributed by atoms with E-state index >= 15 is 0 Å². The predicted octanol–water partition coefficient (Wildman–Crippen LogP) is 30.3. The Morgan fingerprint density at radius 2 is 0.357 bits per heavy atom. The Labute approximate surface area is 677 Å². The summed E-state index contributed by atoms with van der Waals surface area (Å²) in [6.07, 6.45) is 0. The van der Waals surface area contributed by atoms with Crippen LogP contribution in [0.15, 0.2) is 479 Å². The van der Waals surface area contributed by atoms with E-state index in [9.17, 15) is 0 Å². The van der Waals surface area contributed by atoms with Crippen LogP contribution in [0.5, 0.6) is 0 Å². The van der Waals surface area contributed by atoms with Gasteiger partial charge in [-0.3, -0.25) is 0 Å². The Balaban J connectivity index is 0.000000130. The molecule has 0 spiro atoms. The van der Waals surface area contributed by atoms with Crippen molar-refractivity contribution < 1.29 is 0 Å². The molecule has 0 aliphatic rings. The van der Waals surface area contributed by atoms with Gasteiger partial charge in [-0.05, 0) is 237 Å². The molecule has 18 aromatic carbocycles. The monoisotopic (exact) mass is 1480 g/mol. The Hall–Kier alpha value is -15.0. The first-order valence-corrected chi connectivity index (χ1v) is 39.1. The first kappa shape index (κ1) is 74.1. The van der Waals surface area contributed by atoms with E-state index < -0.39 is 0 Å². The van der Waals surface area contributed by atoms with E-state index in [-0.39, 0.29) is 0 Å². The summed E-state index contributed by atoms with van der Waals surface area (Å²) in [5.41, 5.74) is 29.3. The summed E-state index contributed by atoms with van der Waals surface area (Å²) in [6.45, 7) is 0. The van der Waals surface area contributed by atoms with E-state index in [4.69, 9.17) is 0 Å². The van der Waals surface area contributed by atoms with Gasteiger partial charge in [0, 0.05) is 112 Å². The third-order valence-electron chi connectivity index (χ3n) is 21.0.